The lowest BCUT2D eigenvalue weighted by Crippen LogP contribution is -2.35. The van der Waals surface area contributed by atoms with E-state index in [1.165, 1.54) is 0 Å². The van der Waals surface area contributed by atoms with E-state index in [1.807, 2.05) is 22.2 Å². The van der Waals surface area contributed by atoms with Crippen LogP contribution < -0.4 is 5.73 Å². The lowest BCUT2D eigenvalue weighted by Gasteiger charge is -2.19. The minimum atomic E-state index is -0.774. The minimum absolute atomic E-state index is 0.459. The Bertz CT molecular complexity index is 167. The predicted molar refractivity (Wildman–Crippen MR) is 42.9 cm³/mol. The number of hydrogen-bond acceptors (Lipinski definition) is 4. The van der Waals surface area contributed by atoms with E-state index < -0.39 is 6.23 Å². The van der Waals surface area contributed by atoms with Crippen LogP contribution in [0.1, 0.15) is 0 Å². The fraction of sp³-hybridized carbons (Fsp3) is 0.429. The second-order valence-electron chi connectivity index (χ2n) is 2.48. The molecule has 0 fully saturated rings. The highest BCUT2D eigenvalue weighted by Crippen LogP contribution is 2.05. The van der Waals surface area contributed by atoms with Crippen molar-refractivity contribution >= 4 is 0 Å². The summed E-state index contributed by atoms with van der Waals surface area (Å²) in [6.45, 7) is 4.79. The number of aliphatic hydroxyl groups is 1. The summed E-state index contributed by atoms with van der Waals surface area (Å²) in [7, 11) is 0. The molecule has 0 saturated carbocycles. The third kappa shape index (κ3) is 2.25. The summed E-state index contributed by atoms with van der Waals surface area (Å²) >= 11 is 0. The lowest BCUT2D eigenvalue weighted by atomic mass is 10.5. The Morgan fingerprint density at radius 2 is 2.45 bits per heavy atom. The second kappa shape index (κ2) is 3.41. The number of nitrogens with zero attached hydrogens (tertiary/aromatic N) is 2. The first kappa shape index (κ1) is 8.10. The van der Waals surface area contributed by atoms with Crippen LogP contribution in [0.5, 0.6) is 0 Å². The number of nitrogens with two attached hydrogens (primary N) is 1. The van der Waals surface area contributed by atoms with Gasteiger partial charge in [0.25, 0.3) is 0 Å². The van der Waals surface area contributed by atoms with E-state index in [-0.39, 0.29) is 0 Å². The molecule has 0 aromatic carbocycles. The summed E-state index contributed by atoms with van der Waals surface area (Å²) in [5.74, 6) is 0. The lowest BCUT2D eigenvalue weighted by molar-refractivity contribution is 0.134. The van der Waals surface area contributed by atoms with Crippen molar-refractivity contribution < 1.29 is 5.11 Å². The van der Waals surface area contributed by atoms with E-state index in [0.29, 0.717) is 6.54 Å². The Hall–Kier alpha value is -1.00. The highest BCUT2D eigenvalue weighted by Gasteiger charge is 2.10. The molecule has 0 saturated heterocycles. The molecule has 4 heteroatoms. The van der Waals surface area contributed by atoms with Gasteiger partial charge >= 0.3 is 0 Å². The molecule has 0 aromatic rings. The van der Waals surface area contributed by atoms with Gasteiger partial charge in [-0.25, -0.2) is 0 Å². The molecule has 62 valence electrons. The fourth-order valence-corrected chi connectivity index (χ4v) is 0.961. The molecule has 1 rings (SSSR count). The van der Waals surface area contributed by atoms with E-state index in [1.54, 1.807) is 6.20 Å². The predicted octanol–water partition coefficient (Wildman–Crippen LogP) is -0.547. The average Bonchev–Trinajstić information content (AvgIpc) is 2.34. The first-order valence-corrected chi connectivity index (χ1v) is 3.46. The van der Waals surface area contributed by atoms with Crippen LogP contribution in [0.2, 0.25) is 0 Å². The molecule has 0 aliphatic carbocycles. The maximum absolute atomic E-state index is 8.83. The Labute approximate surface area is 66.2 Å². The van der Waals surface area contributed by atoms with Gasteiger partial charge in [0, 0.05) is 12.4 Å². The molecule has 11 heavy (non-hydrogen) atoms. The normalized spacial score (nSPS) is 19.1. The highest BCUT2D eigenvalue weighted by atomic mass is 16.3. The number of β-amino-alcohol motifs (C(OH)–C–C–N with tert-alkyl or cyclic N) is 1. The van der Waals surface area contributed by atoms with Crippen LogP contribution in [0.3, 0.4) is 0 Å². The Balaban J connectivity index is 2.31. The molecule has 0 radical (unpaired) electrons. The van der Waals surface area contributed by atoms with Gasteiger partial charge in [-0.3, -0.25) is 0 Å². The van der Waals surface area contributed by atoms with Crippen molar-refractivity contribution in [3.63, 3.8) is 0 Å². The molecule has 1 heterocycles. The smallest absolute Gasteiger partial charge is 0.120 e. The van der Waals surface area contributed by atoms with E-state index >= 15 is 0 Å². The van der Waals surface area contributed by atoms with Gasteiger partial charge in [-0.05, 0) is 6.20 Å². The zero-order valence-electron chi connectivity index (χ0n) is 6.35. The van der Waals surface area contributed by atoms with Crippen molar-refractivity contribution in [1.82, 2.24) is 9.80 Å². The molecule has 3 N–H and O–H groups in total. The van der Waals surface area contributed by atoms with Crippen molar-refractivity contribution in [3.05, 3.63) is 25.2 Å². The van der Waals surface area contributed by atoms with Gasteiger partial charge in [0.15, 0.2) is 0 Å². The zero-order valence-corrected chi connectivity index (χ0v) is 6.35. The Morgan fingerprint density at radius 3 is 2.91 bits per heavy atom. The third-order valence-corrected chi connectivity index (χ3v) is 1.47. The van der Waals surface area contributed by atoms with Crippen molar-refractivity contribution in [2.45, 2.75) is 6.23 Å². The summed E-state index contributed by atoms with van der Waals surface area (Å²) in [6.07, 6.45) is 4.71. The quantitative estimate of drug-likeness (QED) is 0.537. The van der Waals surface area contributed by atoms with Gasteiger partial charge in [0.05, 0.1) is 13.2 Å². The highest BCUT2D eigenvalue weighted by molar-refractivity contribution is 4.94. The largest absolute Gasteiger partial charge is 0.377 e. The summed E-state index contributed by atoms with van der Waals surface area (Å²) in [4.78, 5) is 3.81. The molecule has 1 aliphatic heterocycles. The van der Waals surface area contributed by atoms with E-state index in [4.69, 9.17) is 10.8 Å². The van der Waals surface area contributed by atoms with Crippen LogP contribution in [-0.4, -0.2) is 34.3 Å². The minimum Gasteiger partial charge on any atom is -0.377 e. The van der Waals surface area contributed by atoms with Crippen molar-refractivity contribution in [1.29, 1.82) is 0 Å². The Kier molecular flexibility index (Phi) is 2.51. The third-order valence-electron chi connectivity index (χ3n) is 1.47. The van der Waals surface area contributed by atoms with Crippen LogP contribution in [-0.2, 0) is 0 Å². The van der Waals surface area contributed by atoms with Gasteiger partial charge in [0.2, 0.25) is 0 Å². The maximum Gasteiger partial charge on any atom is 0.120 e. The van der Waals surface area contributed by atoms with Crippen molar-refractivity contribution in [2.24, 2.45) is 5.73 Å². The van der Waals surface area contributed by atoms with Crippen LogP contribution in [0, 0.1) is 0 Å². The molecule has 0 aromatic heterocycles. The monoisotopic (exact) mass is 155 g/mol. The standard InChI is InChI=1S/C7H13N3O/c1-2-9-3-4-10(6-9)5-7(8)11/h2-4,7,11H,1,5-6,8H2. The summed E-state index contributed by atoms with van der Waals surface area (Å²) in [6, 6.07) is 0. The van der Waals surface area contributed by atoms with Gasteiger partial charge in [-0.15, -0.1) is 0 Å². The van der Waals surface area contributed by atoms with E-state index in [2.05, 4.69) is 6.58 Å². The molecule has 0 amide bonds. The maximum atomic E-state index is 8.83. The Morgan fingerprint density at radius 1 is 1.73 bits per heavy atom. The van der Waals surface area contributed by atoms with Gasteiger partial charge in [-0.2, -0.15) is 0 Å². The van der Waals surface area contributed by atoms with Crippen LogP contribution in [0.25, 0.3) is 0 Å². The number of aliphatic hydroxyl groups excluding tert-OH is 1. The molecule has 0 spiro atoms. The fourth-order valence-electron chi connectivity index (χ4n) is 0.961. The van der Waals surface area contributed by atoms with Crippen LogP contribution >= 0.6 is 0 Å². The number of rotatable bonds is 3. The summed E-state index contributed by atoms with van der Waals surface area (Å²) in [5.41, 5.74) is 5.19. The van der Waals surface area contributed by atoms with Crippen LogP contribution in [0.4, 0.5) is 0 Å². The van der Waals surface area contributed by atoms with Gasteiger partial charge < -0.3 is 20.6 Å². The number of hydrogen-bond donors (Lipinski definition) is 2. The van der Waals surface area contributed by atoms with Gasteiger partial charge in [-0.1, -0.05) is 6.58 Å². The molecular formula is C7H13N3O. The summed E-state index contributed by atoms with van der Waals surface area (Å²) < 4.78 is 0. The van der Waals surface area contributed by atoms with Gasteiger partial charge in [0.1, 0.15) is 6.23 Å². The molecular weight excluding hydrogens is 142 g/mol. The van der Waals surface area contributed by atoms with Crippen molar-refractivity contribution in [3.8, 4) is 0 Å². The van der Waals surface area contributed by atoms with E-state index in [9.17, 15) is 0 Å². The zero-order chi connectivity index (χ0) is 8.27. The molecule has 1 aliphatic rings. The summed E-state index contributed by atoms with van der Waals surface area (Å²) in [5, 5.41) is 8.83. The first-order valence-electron chi connectivity index (χ1n) is 3.46. The molecule has 0 bridgehead atoms. The van der Waals surface area contributed by atoms with Crippen LogP contribution in [0.15, 0.2) is 25.2 Å². The topological polar surface area (TPSA) is 52.7 Å². The second-order valence-corrected chi connectivity index (χ2v) is 2.48. The average molecular weight is 155 g/mol. The molecule has 1 unspecified atom stereocenters. The molecule has 1 atom stereocenters. The van der Waals surface area contributed by atoms with E-state index in [0.717, 1.165) is 6.67 Å². The van der Waals surface area contributed by atoms with Crippen molar-refractivity contribution in [2.75, 3.05) is 13.2 Å². The first-order chi connectivity index (χ1) is 5.22. The molecule has 4 nitrogen and oxygen atoms in total. The SMILES string of the molecule is C=CN1C=CN(CC(N)O)C1.